The predicted octanol–water partition coefficient (Wildman–Crippen LogP) is 1.96. The van der Waals surface area contributed by atoms with Crippen LogP contribution in [-0.2, 0) is 17.8 Å². The summed E-state index contributed by atoms with van der Waals surface area (Å²) < 4.78 is 0.981. The molecule has 100 valence electrons. The zero-order valence-corrected chi connectivity index (χ0v) is 12.1. The lowest BCUT2D eigenvalue weighted by Crippen LogP contribution is -2.31. The molecule has 3 rings (SSSR count). The summed E-state index contributed by atoms with van der Waals surface area (Å²) in [6, 6.07) is 1.86. The van der Waals surface area contributed by atoms with E-state index in [0.717, 1.165) is 41.8 Å². The van der Waals surface area contributed by atoms with E-state index in [1.807, 2.05) is 6.07 Å². The smallest absolute Gasteiger partial charge is 0.278 e. The second kappa shape index (κ2) is 4.61. The molecule has 2 aliphatic rings. The molecule has 0 saturated heterocycles. The number of hydrogen-bond acceptors (Lipinski definition) is 4. The Morgan fingerprint density at radius 3 is 3.00 bits per heavy atom. The zero-order valence-electron chi connectivity index (χ0n) is 10.5. The van der Waals surface area contributed by atoms with Crippen LogP contribution in [0.3, 0.4) is 0 Å². The Morgan fingerprint density at radius 1 is 1.53 bits per heavy atom. The quantitative estimate of drug-likeness (QED) is 0.613. The van der Waals surface area contributed by atoms with Gasteiger partial charge in [-0.05, 0) is 30.2 Å². The van der Waals surface area contributed by atoms with Crippen molar-refractivity contribution in [3.8, 4) is 0 Å². The molecule has 0 fully saturated rings. The number of benzene rings is 1. The molecule has 0 bridgehead atoms. The van der Waals surface area contributed by atoms with Crippen LogP contribution in [0.2, 0.25) is 0 Å². The molecule has 2 N–H and O–H groups in total. The monoisotopic (exact) mass is 323 g/mol. The number of amides is 1. The highest BCUT2D eigenvalue weighted by atomic mass is 79.9. The van der Waals surface area contributed by atoms with Gasteiger partial charge in [0.2, 0.25) is 0 Å². The highest BCUT2D eigenvalue weighted by Crippen LogP contribution is 2.38. The number of nitrogens with zero attached hydrogens (tertiary/aromatic N) is 2. The van der Waals surface area contributed by atoms with Crippen molar-refractivity contribution in [2.24, 2.45) is 5.16 Å². The fraction of sp³-hybridized carbons (Fsp3) is 0.385. The first kappa shape index (κ1) is 12.6. The van der Waals surface area contributed by atoms with E-state index in [4.69, 9.17) is 5.21 Å². The topological polar surface area (TPSA) is 64.9 Å². The first-order valence-corrected chi connectivity index (χ1v) is 7.05. The third kappa shape index (κ3) is 1.86. The maximum absolute atomic E-state index is 11.8. The van der Waals surface area contributed by atoms with Gasteiger partial charge in [-0.15, -0.1) is 0 Å². The molecule has 0 saturated carbocycles. The van der Waals surface area contributed by atoms with Gasteiger partial charge in [0.1, 0.15) is 0 Å². The van der Waals surface area contributed by atoms with Crippen molar-refractivity contribution < 1.29 is 10.0 Å². The first-order chi connectivity index (χ1) is 9.15. The lowest BCUT2D eigenvalue weighted by atomic mass is 9.95. The van der Waals surface area contributed by atoms with Crippen LogP contribution in [0.5, 0.6) is 0 Å². The van der Waals surface area contributed by atoms with Gasteiger partial charge in [0.15, 0.2) is 5.71 Å². The number of hydrogen-bond donors (Lipinski definition) is 2. The average Bonchev–Trinajstić information content (AvgIpc) is 2.74. The van der Waals surface area contributed by atoms with Gasteiger partial charge in [0, 0.05) is 23.1 Å². The average molecular weight is 324 g/mol. The van der Waals surface area contributed by atoms with E-state index in [1.165, 1.54) is 5.56 Å². The number of anilines is 1. The van der Waals surface area contributed by atoms with Gasteiger partial charge < -0.3 is 10.5 Å². The van der Waals surface area contributed by atoms with Gasteiger partial charge in [-0.1, -0.05) is 28.0 Å². The van der Waals surface area contributed by atoms with Crippen LogP contribution in [0.4, 0.5) is 5.69 Å². The molecule has 19 heavy (non-hydrogen) atoms. The number of rotatable bonds is 1. The predicted molar refractivity (Wildman–Crippen MR) is 75.8 cm³/mol. The maximum atomic E-state index is 11.8. The molecule has 0 unspecified atom stereocenters. The Bertz CT molecular complexity index is 598. The molecule has 1 aromatic carbocycles. The van der Waals surface area contributed by atoms with Crippen LogP contribution in [0.1, 0.15) is 23.6 Å². The molecule has 2 aliphatic heterocycles. The number of halogens is 1. The van der Waals surface area contributed by atoms with Gasteiger partial charge in [-0.25, -0.2) is 0 Å². The molecular formula is C13H14BrN3O2. The van der Waals surface area contributed by atoms with Crippen LogP contribution in [-0.4, -0.2) is 34.8 Å². The summed E-state index contributed by atoms with van der Waals surface area (Å²) in [6.07, 6.45) is 0.957. The number of likely N-dealkylation sites (N-methyl/N-ethyl adjacent to an activating group) is 1. The van der Waals surface area contributed by atoms with Crippen LogP contribution >= 0.6 is 15.9 Å². The van der Waals surface area contributed by atoms with Crippen LogP contribution in [0.15, 0.2) is 15.7 Å². The van der Waals surface area contributed by atoms with Gasteiger partial charge in [0.05, 0.1) is 5.69 Å². The van der Waals surface area contributed by atoms with Crippen molar-refractivity contribution in [3.05, 3.63) is 27.2 Å². The minimum absolute atomic E-state index is 0.0899. The summed E-state index contributed by atoms with van der Waals surface area (Å²) in [4.78, 5) is 14.1. The summed E-state index contributed by atoms with van der Waals surface area (Å²) in [7, 11) is 0. The summed E-state index contributed by atoms with van der Waals surface area (Å²) in [5.41, 5.74) is 3.93. The lowest BCUT2D eigenvalue weighted by molar-refractivity contribution is -0.110. The Morgan fingerprint density at radius 2 is 2.32 bits per heavy atom. The van der Waals surface area contributed by atoms with Crippen molar-refractivity contribution in [2.75, 3.05) is 18.4 Å². The van der Waals surface area contributed by atoms with E-state index in [9.17, 15) is 4.79 Å². The van der Waals surface area contributed by atoms with Crippen molar-refractivity contribution in [2.45, 2.75) is 19.9 Å². The fourth-order valence-electron chi connectivity index (χ4n) is 2.75. The molecule has 0 spiro atoms. The highest BCUT2D eigenvalue weighted by molar-refractivity contribution is 9.10. The number of oxime groups is 1. The minimum atomic E-state index is -0.341. The molecular weight excluding hydrogens is 310 g/mol. The summed E-state index contributed by atoms with van der Waals surface area (Å²) in [5, 5.41) is 14.9. The number of carbonyl (C=O) groups excluding carboxylic acids is 1. The molecule has 0 aromatic heterocycles. The van der Waals surface area contributed by atoms with E-state index >= 15 is 0 Å². The van der Waals surface area contributed by atoms with Crippen LogP contribution < -0.4 is 5.32 Å². The van der Waals surface area contributed by atoms with Crippen LogP contribution in [0, 0.1) is 0 Å². The van der Waals surface area contributed by atoms with E-state index in [0.29, 0.717) is 5.56 Å². The first-order valence-electron chi connectivity index (χ1n) is 6.26. The van der Waals surface area contributed by atoms with E-state index in [1.54, 1.807) is 0 Å². The molecule has 0 aliphatic carbocycles. The summed E-state index contributed by atoms with van der Waals surface area (Å²) >= 11 is 3.56. The number of nitrogens with one attached hydrogen (secondary N) is 1. The SMILES string of the molecule is CCN1CCc2c(Br)cc3c(c2C1)NC(=O)/C3=N\O. The molecule has 2 heterocycles. The molecule has 0 radical (unpaired) electrons. The second-order valence-electron chi connectivity index (χ2n) is 4.76. The minimum Gasteiger partial charge on any atom is -0.410 e. The third-order valence-electron chi connectivity index (χ3n) is 3.81. The maximum Gasteiger partial charge on any atom is 0.278 e. The van der Waals surface area contributed by atoms with Gasteiger partial charge >= 0.3 is 0 Å². The van der Waals surface area contributed by atoms with Crippen molar-refractivity contribution in [3.63, 3.8) is 0 Å². The molecule has 6 heteroatoms. The van der Waals surface area contributed by atoms with Crippen molar-refractivity contribution in [1.82, 2.24) is 4.90 Å². The molecule has 1 aromatic rings. The summed E-state index contributed by atoms with van der Waals surface area (Å²) in [5.74, 6) is -0.341. The van der Waals surface area contributed by atoms with Gasteiger partial charge in [0.25, 0.3) is 5.91 Å². The Balaban J connectivity index is 2.18. The standard InChI is InChI=1S/C13H14BrN3O2/c1-2-17-4-3-7-9(6-17)11-8(5-10(7)14)12(16-19)13(18)15-11/h5,19H,2-4,6H2,1H3,(H,15,16,18). The Hall–Kier alpha value is -1.40. The number of fused-ring (bicyclic) bond motifs is 3. The van der Waals surface area contributed by atoms with Crippen molar-refractivity contribution in [1.29, 1.82) is 0 Å². The highest BCUT2D eigenvalue weighted by Gasteiger charge is 2.33. The largest absolute Gasteiger partial charge is 0.410 e. The van der Waals surface area contributed by atoms with Gasteiger partial charge in [-0.3, -0.25) is 9.69 Å². The van der Waals surface area contributed by atoms with E-state index in [-0.39, 0.29) is 11.6 Å². The Labute approximate surface area is 119 Å². The van der Waals surface area contributed by atoms with Crippen molar-refractivity contribution >= 4 is 33.2 Å². The molecule has 5 nitrogen and oxygen atoms in total. The zero-order chi connectivity index (χ0) is 13.6. The second-order valence-corrected chi connectivity index (χ2v) is 5.61. The van der Waals surface area contributed by atoms with E-state index in [2.05, 4.69) is 38.2 Å². The Kier molecular flexibility index (Phi) is 3.06. The van der Waals surface area contributed by atoms with Gasteiger partial charge in [-0.2, -0.15) is 0 Å². The normalized spacial score (nSPS) is 20.3. The van der Waals surface area contributed by atoms with Crippen LogP contribution in [0.25, 0.3) is 0 Å². The van der Waals surface area contributed by atoms with E-state index < -0.39 is 0 Å². The molecule has 1 amide bonds. The summed E-state index contributed by atoms with van der Waals surface area (Å²) in [6.45, 7) is 4.94. The fourth-order valence-corrected chi connectivity index (χ4v) is 3.42. The third-order valence-corrected chi connectivity index (χ3v) is 4.52. The lowest BCUT2D eigenvalue weighted by Gasteiger charge is -2.29. The number of carbonyl (C=O) groups is 1. The molecule has 0 atom stereocenters.